The minimum atomic E-state index is -0.568. The number of methoxy groups -OCH3 is 1. The van der Waals surface area contributed by atoms with Gasteiger partial charge in [-0.15, -0.1) is 0 Å². The Labute approximate surface area is 162 Å². The highest BCUT2D eigenvalue weighted by Crippen LogP contribution is 2.33. The topological polar surface area (TPSA) is 92.8 Å². The van der Waals surface area contributed by atoms with Gasteiger partial charge in [-0.25, -0.2) is 9.78 Å². The minimum Gasteiger partial charge on any atom is -0.497 e. The first-order valence-electron chi connectivity index (χ1n) is 9.04. The molecule has 8 heteroatoms. The Balaban J connectivity index is 1.56. The van der Waals surface area contributed by atoms with Crippen LogP contribution in [0.2, 0.25) is 0 Å². The van der Waals surface area contributed by atoms with Crippen molar-refractivity contribution in [3.63, 3.8) is 0 Å². The van der Waals surface area contributed by atoms with Gasteiger partial charge >= 0.3 is 6.03 Å². The summed E-state index contributed by atoms with van der Waals surface area (Å²) in [5, 5.41) is 5.60. The van der Waals surface area contributed by atoms with Crippen LogP contribution in [0.4, 0.5) is 10.5 Å². The number of hydrogen-bond donors (Lipinski definition) is 2. The van der Waals surface area contributed by atoms with Crippen LogP contribution >= 0.6 is 0 Å². The number of aromatic nitrogens is 1. The van der Waals surface area contributed by atoms with Gasteiger partial charge in [-0.2, -0.15) is 0 Å². The van der Waals surface area contributed by atoms with Crippen LogP contribution in [-0.2, 0) is 13.1 Å². The molecule has 2 N–H and O–H groups in total. The molecule has 3 amide bonds. The van der Waals surface area contributed by atoms with Gasteiger partial charge in [0.1, 0.15) is 22.8 Å². The van der Waals surface area contributed by atoms with Crippen molar-refractivity contribution in [3.05, 3.63) is 47.3 Å². The van der Waals surface area contributed by atoms with Crippen LogP contribution in [0.3, 0.4) is 0 Å². The molecule has 0 radical (unpaired) electrons. The largest absolute Gasteiger partial charge is 0.497 e. The van der Waals surface area contributed by atoms with Gasteiger partial charge in [-0.3, -0.25) is 4.79 Å². The quantitative estimate of drug-likeness (QED) is 0.833. The van der Waals surface area contributed by atoms with Crippen molar-refractivity contribution in [1.29, 1.82) is 0 Å². The SMILES string of the molecule is COc1ccc2c(c1)OC(C)(C)CN(C(=O)Nc1cnc3c(c1)CNC3=O)C2. The predicted molar refractivity (Wildman–Crippen MR) is 103 cm³/mol. The normalized spacial score (nSPS) is 17.0. The zero-order chi connectivity index (χ0) is 19.9. The average molecular weight is 382 g/mol. The van der Waals surface area contributed by atoms with Gasteiger partial charge in [0.15, 0.2) is 0 Å². The molecule has 4 rings (SSSR count). The number of carbonyl (C=O) groups is 2. The number of benzene rings is 1. The molecule has 0 bridgehead atoms. The Morgan fingerprint density at radius 1 is 1.32 bits per heavy atom. The highest BCUT2D eigenvalue weighted by atomic mass is 16.5. The lowest BCUT2D eigenvalue weighted by Crippen LogP contribution is -2.44. The van der Waals surface area contributed by atoms with E-state index >= 15 is 0 Å². The van der Waals surface area contributed by atoms with Crippen molar-refractivity contribution in [2.75, 3.05) is 19.0 Å². The van der Waals surface area contributed by atoms with Crippen molar-refractivity contribution >= 4 is 17.6 Å². The van der Waals surface area contributed by atoms with Gasteiger partial charge in [-0.1, -0.05) is 0 Å². The molecule has 0 spiro atoms. The summed E-state index contributed by atoms with van der Waals surface area (Å²) < 4.78 is 11.4. The first-order valence-corrected chi connectivity index (χ1v) is 9.04. The molecule has 2 aliphatic rings. The Kier molecular flexibility index (Phi) is 4.33. The summed E-state index contributed by atoms with van der Waals surface area (Å²) in [5.74, 6) is 1.23. The third kappa shape index (κ3) is 3.45. The van der Waals surface area contributed by atoms with E-state index in [-0.39, 0.29) is 11.9 Å². The second kappa shape index (κ2) is 6.70. The molecular weight excluding hydrogens is 360 g/mol. The maximum absolute atomic E-state index is 12.9. The number of amides is 3. The van der Waals surface area contributed by atoms with Crippen molar-refractivity contribution in [2.24, 2.45) is 0 Å². The number of carbonyl (C=O) groups excluding carboxylic acids is 2. The maximum Gasteiger partial charge on any atom is 0.322 e. The number of hydrogen-bond acceptors (Lipinski definition) is 5. The maximum atomic E-state index is 12.9. The molecule has 0 unspecified atom stereocenters. The molecule has 28 heavy (non-hydrogen) atoms. The van der Waals surface area contributed by atoms with Crippen molar-refractivity contribution < 1.29 is 19.1 Å². The molecule has 146 valence electrons. The summed E-state index contributed by atoms with van der Waals surface area (Å²) in [6.07, 6.45) is 1.50. The summed E-state index contributed by atoms with van der Waals surface area (Å²) in [6, 6.07) is 7.12. The molecule has 0 aliphatic carbocycles. The lowest BCUT2D eigenvalue weighted by molar-refractivity contribution is 0.0833. The van der Waals surface area contributed by atoms with E-state index < -0.39 is 5.60 Å². The van der Waals surface area contributed by atoms with Crippen molar-refractivity contribution in [2.45, 2.75) is 32.5 Å². The molecule has 2 aliphatic heterocycles. The molecular formula is C20H22N4O4. The number of anilines is 1. The van der Waals surface area contributed by atoms with Gasteiger partial charge in [-0.05, 0) is 32.0 Å². The van der Waals surface area contributed by atoms with Gasteiger partial charge in [0, 0.05) is 23.7 Å². The molecule has 0 fully saturated rings. The number of ether oxygens (including phenoxy) is 2. The second-order valence-electron chi connectivity index (χ2n) is 7.54. The molecule has 0 saturated heterocycles. The third-order valence-electron chi connectivity index (χ3n) is 4.75. The van der Waals surface area contributed by atoms with E-state index in [4.69, 9.17) is 9.47 Å². The summed E-state index contributed by atoms with van der Waals surface area (Å²) in [7, 11) is 1.61. The monoisotopic (exact) mass is 382 g/mol. The number of fused-ring (bicyclic) bond motifs is 2. The van der Waals surface area contributed by atoms with Crippen LogP contribution in [0.15, 0.2) is 30.5 Å². The standard InChI is InChI=1S/C20H22N4O4/c1-20(2)11-24(10-12-4-5-15(27-3)7-16(12)28-20)19(26)23-14-6-13-8-22-18(25)17(13)21-9-14/h4-7,9H,8,10-11H2,1-3H3,(H,22,25)(H,23,26). The highest BCUT2D eigenvalue weighted by molar-refractivity contribution is 5.97. The Bertz CT molecular complexity index is 957. The van der Waals surface area contributed by atoms with Crippen LogP contribution in [0.1, 0.15) is 35.5 Å². The van der Waals surface area contributed by atoms with E-state index in [1.807, 2.05) is 32.0 Å². The van der Waals surface area contributed by atoms with E-state index in [1.165, 1.54) is 6.20 Å². The molecule has 1 aromatic carbocycles. The number of pyridine rings is 1. The smallest absolute Gasteiger partial charge is 0.322 e. The molecule has 8 nitrogen and oxygen atoms in total. The fraction of sp³-hybridized carbons (Fsp3) is 0.350. The second-order valence-corrected chi connectivity index (χ2v) is 7.54. The summed E-state index contributed by atoms with van der Waals surface area (Å²) in [4.78, 5) is 30.4. The Hall–Kier alpha value is -3.29. The average Bonchev–Trinajstić information content (AvgIpc) is 2.94. The fourth-order valence-corrected chi connectivity index (χ4v) is 3.46. The first kappa shape index (κ1) is 18.1. The van der Waals surface area contributed by atoms with Gasteiger partial charge in [0.25, 0.3) is 5.91 Å². The predicted octanol–water partition coefficient (Wildman–Crippen LogP) is 2.54. The number of nitrogens with one attached hydrogen (secondary N) is 2. The lowest BCUT2D eigenvalue weighted by Gasteiger charge is -2.29. The van der Waals surface area contributed by atoms with Gasteiger partial charge in [0.2, 0.25) is 0 Å². The number of nitrogens with zero attached hydrogens (tertiary/aromatic N) is 2. The van der Waals surface area contributed by atoms with Crippen LogP contribution in [0.25, 0.3) is 0 Å². The highest BCUT2D eigenvalue weighted by Gasteiger charge is 2.32. The Morgan fingerprint density at radius 2 is 2.14 bits per heavy atom. The van der Waals surface area contributed by atoms with Crippen molar-refractivity contribution in [1.82, 2.24) is 15.2 Å². The fourth-order valence-electron chi connectivity index (χ4n) is 3.46. The van der Waals surface area contributed by atoms with Crippen LogP contribution in [-0.4, -0.2) is 41.1 Å². The van der Waals surface area contributed by atoms with Crippen LogP contribution in [0, 0.1) is 0 Å². The van der Waals surface area contributed by atoms with E-state index in [2.05, 4.69) is 15.6 Å². The zero-order valence-electron chi connectivity index (χ0n) is 16.0. The summed E-state index contributed by atoms with van der Waals surface area (Å²) >= 11 is 0. The Morgan fingerprint density at radius 3 is 2.93 bits per heavy atom. The van der Waals surface area contributed by atoms with E-state index in [0.29, 0.717) is 42.5 Å². The zero-order valence-corrected chi connectivity index (χ0v) is 16.0. The van der Waals surface area contributed by atoms with E-state index in [1.54, 1.807) is 18.1 Å². The van der Waals surface area contributed by atoms with Gasteiger partial charge < -0.3 is 25.0 Å². The molecule has 3 heterocycles. The lowest BCUT2D eigenvalue weighted by atomic mass is 10.1. The minimum absolute atomic E-state index is 0.189. The van der Waals surface area contributed by atoms with Gasteiger partial charge in [0.05, 0.1) is 32.1 Å². The van der Waals surface area contributed by atoms with Crippen molar-refractivity contribution in [3.8, 4) is 11.5 Å². The van der Waals surface area contributed by atoms with Crippen LogP contribution < -0.4 is 20.1 Å². The van der Waals surface area contributed by atoms with E-state index in [0.717, 1.165) is 11.1 Å². The van der Waals surface area contributed by atoms with E-state index in [9.17, 15) is 9.59 Å². The molecule has 2 aromatic rings. The molecule has 1 aromatic heterocycles. The molecule has 0 atom stereocenters. The number of urea groups is 1. The number of rotatable bonds is 2. The summed E-state index contributed by atoms with van der Waals surface area (Å²) in [5.41, 5.74) is 2.08. The third-order valence-corrected chi connectivity index (χ3v) is 4.75. The van der Waals surface area contributed by atoms with Crippen LogP contribution in [0.5, 0.6) is 11.5 Å². The molecule has 0 saturated carbocycles. The summed E-state index contributed by atoms with van der Waals surface area (Å²) in [6.45, 7) is 5.12. The first-order chi connectivity index (χ1) is 13.3.